The summed E-state index contributed by atoms with van der Waals surface area (Å²) in [6, 6.07) is 0. The smallest absolute Gasteiger partial charge is 0.305 e. The Labute approximate surface area is 123 Å². The number of aliphatic carboxylic acids is 1. The lowest BCUT2D eigenvalue weighted by Crippen LogP contribution is -2.52. The largest absolute Gasteiger partial charge is 0.481 e. The normalized spacial score (nSPS) is 10.6. The minimum atomic E-state index is -0.992. The molecule has 4 N–H and O–H groups in total. The van der Waals surface area contributed by atoms with Crippen LogP contribution in [0.3, 0.4) is 0 Å². The molecule has 0 aromatic carbocycles. The molecular formula is C13H23N3O5. The van der Waals surface area contributed by atoms with Gasteiger partial charge in [-0.3, -0.25) is 19.2 Å². The summed E-state index contributed by atoms with van der Waals surface area (Å²) < 4.78 is 0. The maximum atomic E-state index is 11.8. The highest BCUT2D eigenvalue weighted by Crippen LogP contribution is 2.19. The van der Waals surface area contributed by atoms with Gasteiger partial charge in [-0.25, -0.2) is 0 Å². The van der Waals surface area contributed by atoms with Crippen LogP contribution < -0.4 is 16.0 Å². The van der Waals surface area contributed by atoms with Gasteiger partial charge in [0.15, 0.2) is 0 Å². The van der Waals surface area contributed by atoms with Crippen LogP contribution in [0.4, 0.5) is 0 Å². The van der Waals surface area contributed by atoms with Gasteiger partial charge in [-0.1, -0.05) is 13.8 Å². The van der Waals surface area contributed by atoms with Crippen LogP contribution in [-0.2, 0) is 19.2 Å². The van der Waals surface area contributed by atoms with Crippen LogP contribution in [0.5, 0.6) is 0 Å². The first kappa shape index (κ1) is 18.9. The fraction of sp³-hybridized carbons (Fsp3) is 0.692. The SMILES string of the molecule is CCC(CC)(CC(=O)O)NC(=O)CNC(=O)CNC(C)=O. The first-order valence-electron chi connectivity index (χ1n) is 6.78. The Hall–Kier alpha value is -2.12. The molecule has 120 valence electrons. The highest BCUT2D eigenvalue weighted by molar-refractivity contribution is 5.88. The number of carbonyl (C=O) groups is 4. The maximum Gasteiger partial charge on any atom is 0.305 e. The Kier molecular flexibility index (Phi) is 8.03. The Morgan fingerprint density at radius 3 is 1.90 bits per heavy atom. The number of carbonyl (C=O) groups excluding carboxylic acids is 3. The summed E-state index contributed by atoms with van der Waals surface area (Å²) in [6.07, 6.45) is 0.772. The van der Waals surface area contributed by atoms with Crippen molar-refractivity contribution in [2.75, 3.05) is 13.1 Å². The third kappa shape index (κ3) is 7.91. The second kappa shape index (κ2) is 8.93. The third-order valence-corrected chi connectivity index (χ3v) is 3.19. The quantitative estimate of drug-likeness (QED) is 0.452. The molecule has 8 heteroatoms. The van der Waals surface area contributed by atoms with Gasteiger partial charge in [-0.2, -0.15) is 0 Å². The van der Waals surface area contributed by atoms with Gasteiger partial charge in [0, 0.05) is 6.92 Å². The van der Waals surface area contributed by atoms with E-state index >= 15 is 0 Å². The molecule has 0 spiro atoms. The van der Waals surface area contributed by atoms with Crippen LogP contribution in [0.2, 0.25) is 0 Å². The molecule has 3 amide bonds. The molecule has 0 aromatic heterocycles. The van der Waals surface area contributed by atoms with E-state index in [9.17, 15) is 19.2 Å². The third-order valence-electron chi connectivity index (χ3n) is 3.19. The number of rotatable bonds is 9. The Bertz CT molecular complexity index is 405. The molecule has 0 bridgehead atoms. The van der Waals surface area contributed by atoms with Gasteiger partial charge in [0.2, 0.25) is 17.7 Å². The molecule has 0 aromatic rings. The number of hydrogen-bond acceptors (Lipinski definition) is 4. The van der Waals surface area contributed by atoms with Gasteiger partial charge in [-0.15, -0.1) is 0 Å². The lowest BCUT2D eigenvalue weighted by molar-refractivity contribution is -0.139. The summed E-state index contributed by atoms with van der Waals surface area (Å²) >= 11 is 0. The Morgan fingerprint density at radius 1 is 0.952 bits per heavy atom. The van der Waals surface area contributed by atoms with Gasteiger partial charge in [0.25, 0.3) is 0 Å². The van der Waals surface area contributed by atoms with Crippen LogP contribution in [0, 0.1) is 0 Å². The second-order valence-corrected chi connectivity index (χ2v) is 4.79. The van der Waals surface area contributed by atoms with Crippen molar-refractivity contribution >= 4 is 23.7 Å². The first-order valence-corrected chi connectivity index (χ1v) is 6.78. The van der Waals surface area contributed by atoms with E-state index in [0.29, 0.717) is 12.8 Å². The van der Waals surface area contributed by atoms with Crippen LogP contribution in [0.25, 0.3) is 0 Å². The van der Waals surface area contributed by atoms with E-state index in [1.807, 2.05) is 0 Å². The molecule has 0 radical (unpaired) electrons. The van der Waals surface area contributed by atoms with Gasteiger partial charge in [0.05, 0.1) is 25.0 Å². The first-order chi connectivity index (χ1) is 9.74. The minimum absolute atomic E-state index is 0.175. The topological polar surface area (TPSA) is 125 Å². The van der Waals surface area contributed by atoms with Crippen molar-refractivity contribution in [3.63, 3.8) is 0 Å². The van der Waals surface area contributed by atoms with Crippen LogP contribution >= 0.6 is 0 Å². The van der Waals surface area contributed by atoms with Crippen molar-refractivity contribution in [3.05, 3.63) is 0 Å². The molecule has 0 saturated heterocycles. The van der Waals surface area contributed by atoms with E-state index in [4.69, 9.17) is 5.11 Å². The second-order valence-electron chi connectivity index (χ2n) is 4.79. The average molecular weight is 301 g/mol. The van der Waals surface area contributed by atoms with Crippen LogP contribution in [0.15, 0.2) is 0 Å². The van der Waals surface area contributed by atoms with Crippen molar-refractivity contribution in [1.29, 1.82) is 0 Å². The van der Waals surface area contributed by atoms with Crippen molar-refractivity contribution < 1.29 is 24.3 Å². The Morgan fingerprint density at radius 2 is 1.48 bits per heavy atom. The molecule has 0 unspecified atom stereocenters. The highest BCUT2D eigenvalue weighted by atomic mass is 16.4. The van der Waals surface area contributed by atoms with Crippen molar-refractivity contribution in [3.8, 4) is 0 Å². The van der Waals surface area contributed by atoms with E-state index in [0.717, 1.165) is 0 Å². The zero-order valence-electron chi connectivity index (χ0n) is 12.6. The molecular weight excluding hydrogens is 278 g/mol. The lowest BCUT2D eigenvalue weighted by Gasteiger charge is -2.31. The summed E-state index contributed by atoms with van der Waals surface area (Å²) in [5.41, 5.74) is -0.814. The van der Waals surface area contributed by atoms with Gasteiger partial charge >= 0.3 is 5.97 Å². The number of amides is 3. The van der Waals surface area contributed by atoms with Crippen molar-refractivity contribution in [2.45, 2.75) is 45.6 Å². The predicted molar refractivity (Wildman–Crippen MR) is 75.4 cm³/mol. The molecule has 0 rings (SSSR count). The number of carboxylic acids is 1. The zero-order valence-corrected chi connectivity index (χ0v) is 12.6. The van der Waals surface area contributed by atoms with Crippen LogP contribution in [0.1, 0.15) is 40.0 Å². The van der Waals surface area contributed by atoms with E-state index in [1.54, 1.807) is 13.8 Å². The van der Waals surface area contributed by atoms with Gasteiger partial charge in [-0.05, 0) is 12.8 Å². The molecule has 0 atom stereocenters. The van der Waals surface area contributed by atoms with E-state index < -0.39 is 23.3 Å². The molecule has 8 nitrogen and oxygen atoms in total. The monoisotopic (exact) mass is 301 g/mol. The Balaban J connectivity index is 4.35. The summed E-state index contributed by atoms with van der Waals surface area (Å²) in [5.74, 6) is -2.28. The van der Waals surface area contributed by atoms with Crippen LogP contribution in [-0.4, -0.2) is 47.4 Å². The zero-order chi connectivity index (χ0) is 16.5. The number of hydrogen-bond donors (Lipinski definition) is 4. The summed E-state index contributed by atoms with van der Waals surface area (Å²) in [5, 5.41) is 16.2. The van der Waals surface area contributed by atoms with E-state index in [1.165, 1.54) is 6.92 Å². The molecule has 0 aliphatic rings. The lowest BCUT2D eigenvalue weighted by atomic mass is 9.89. The highest BCUT2D eigenvalue weighted by Gasteiger charge is 2.30. The molecule has 0 aliphatic carbocycles. The van der Waals surface area contributed by atoms with Crippen molar-refractivity contribution in [2.24, 2.45) is 0 Å². The molecule has 0 heterocycles. The summed E-state index contributed by atoms with van der Waals surface area (Å²) in [6.45, 7) is 4.40. The number of nitrogens with one attached hydrogen (secondary N) is 3. The van der Waals surface area contributed by atoms with E-state index in [-0.39, 0.29) is 25.4 Å². The van der Waals surface area contributed by atoms with Crippen molar-refractivity contribution in [1.82, 2.24) is 16.0 Å². The minimum Gasteiger partial charge on any atom is -0.481 e. The standard InChI is InChI=1S/C13H23N3O5/c1-4-13(5-2,6-12(20)21)16-11(19)8-15-10(18)7-14-9(3)17/h4-8H2,1-3H3,(H,14,17)(H,15,18)(H,16,19)(H,20,21). The number of carboxylic acid groups (broad SMARTS) is 1. The fourth-order valence-corrected chi connectivity index (χ4v) is 1.80. The maximum absolute atomic E-state index is 11.8. The van der Waals surface area contributed by atoms with E-state index in [2.05, 4.69) is 16.0 Å². The fourth-order valence-electron chi connectivity index (χ4n) is 1.80. The molecule has 0 saturated carbocycles. The van der Waals surface area contributed by atoms with Gasteiger partial charge < -0.3 is 21.1 Å². The molecule has 21 heavy (non-hydrogen) atoms. The van der Waals surface area contributed by atoms with Gasteiger partial charge in [0.1, 0.15) is 0 Å². The molecule has 0 aliphatic heterocycles. The summed E-state index contributed by atoms with van der Waals surface area (Å²) in [4.78, 5) is 44.6. The molecule has 0 fully saturated rings. The average Bonchev–Trinajstić information content (AvgIpc) is 2.41. The summed E-state index contributed by atoms with van der Waals surface area (Å²) in [7, 11) is 0. The predicted octanol–water partition coefficient (Wildman–Crippen LogP) is -0.612.